The minimum atomic E-state index is 0.0159. The van der Waals surface area contributed by atoms with Gasteiger partial charge in [-0.25, -0.2) is 0 Å². The number of carbonyl (C=O) groups is 1. The smallest absolute Gasteiger partial charge is 0.244 e. The van der Waals surface area contributed by atoms with E-state index in [0.717, 1.165) is 57.8 Å². The van der Waals surface area contributed by atoms with Crippen molar-refractivity contribution in [3.63, 3.8) is 0 Å². The van der Waals surface area contributed by atoms with Crippen LogP contribution in [0.2, 0.25) is 0 Å². The van der Waals surface area contributed by atoms with E-state index in [9.17, 15) is 4.79 Å². The highest BCUT2D eigenvalue weighted by molar-refractivity contribution is 5.99. The third-order valence-corrected chi connectivity index (χ3v) is 5.09. The fraction of sp³-hybridized carbons (Fsp3) is 0.579. The molecule has 0 aliphatic carbocycles. The monoisotopic (exact) mass is 326 g/mol. The molecule has 5 heteroatoms. The van der Waals surface area contributed by atoms with E-state index >= 15 is 0 Å². The summed E-state index contributed by atoms with van der Waals surface area (Å²) in [5, 5.41) is 8.90. The quantitative estimate of drug-likeness (QED) is 0.850. The lowest BCUT2D eigenvalue weighted by Crippen LogP contribution is -2.43. The van der Waals surface area contributed by atoms with E-state index in [1.165, 1.54) is 6.42 Å². The summed E-state index contributed by atoms with van der Waals surface area (Å²) in [6, 6.07) is 9.46. The first-order valence-electron chi connectivity index (χ1n) is 9.01. The second-order valence-electron chi connectivity index (χ2n) is 6.68. The summed E-state index contributed by atoms with van der Waals surface area (Å²) in [5.41, 5.74) is 1.54. The van der Waals surface area contributed by atoms with Crippen LogP contribution in [0.15, 0.2) is 24.3 Å². The van der Waals surface area contributed by atoms with E-state index in [-0.39, 0.29) is 11.9 Å². The highest BCUT2D eigenvalue weighted by Gasteiger charge is 2.37. The molecule has 0 aromatic heterocycles. The first kappa shape index (κ1) is 16.9. The maximum atomic E-state index is 12.9. The van der Waals surface area contributed by atoms with Crippen LogP contribution < -0.4 is 4.90 Å². The minimum absolute atomic E-state index is 0.0159. The Bertz CT molecular complexity index is 607. The van der Waals surface area contributed by atoms with Crippen LogP contribution in [0.4, 0.5) is 5.69 Å². The third-order valence-electron chi connectivity index (χ3n) is 5.09. The van der Waals surface area contributed by atoms with E-state index in [1.807, 2.05) is 17.0 Å². The van der Waals surface area contributed by atoms with Crippen LogP contribution in [-0.4, -0.2) is 61.0 Å². The minimum Gasteiger partial charge on any atom is -0.311 e. The van der Waals surface area contributed by atoms with E-state index in [1.54, 1.807) is 12.1 Å². The number of anilines is 1. The molecule has 2 aliphatic heterocycles. The summed E-state index contributed by atoms with van der Waals surface area (Å²) in [7, 11) is 0. The second kappa shape index (κ2) is 7.78. The van der Waals surface area contributed by atoms with Gasteiger partial charge >= 0.3 is 0 Å². The van der Waals surface area contributed by atoms with Crippen LogP contribution in [0.1, 0.15) is 31.7 Å². The zero-order valence-electron chi connectivity index (χ0n) is 14.4. The lowest BCUT2D eigenvalue weighted by atomic mass is 10.2. The predicted molar refractivity (Wildman–Crippen MR) is 94.8 cm³/mol. The van der Waals surface area contributed by atoms with Crippen molar-refractivity contribution < 1.29 is 4.79 Å². The Balaban J connectivity index is 1.64. The van der Waals surface area contributed by atoms with Crippen molar-refractivity contribution in [2.45, 2.75) is 32.2 Å². The summed E-state index contributed by atoms with van der Waals surface area (Å²) in [5.74, 6) is 0.212. The van der Waals surface area contributed by atoms with Crippen LogP contribution in [0.3, 0.4) is 0 Å². The summed E-state index contributed by atoms with van der Waals surface area (Å²) in [4.78, 5) is 19.6. The molecule has 1 amide bonds. The van der Waals surface area contributed by atoms with Gasteiger partial charge in [0.25, 0.3) is 0 Å². The number of nitrogens with zero attached hydrogens (tertiary/aromatic N) is 4. The molecular weight excluding hydrogens is 300 g/mol. The van der Waals surface area contributed by atoms with Gasteiger partial charge in [0, 0.05) is 31.9 Å². The van der Waals surface area contributed by atoms with Gasteiger partial charge in [-0.15, -0.1) is 0 Å². The Hall–Kier alpha value is -1.90. The predicted octanol–water partition coefficient (Wildman–Crippen LogP) is 2.08. The van der Waals surface area contributed by atoms with E-state index < -0.39 is 0 Å². The fourth-order valence-corrected chi connectivity index (χ4v) is 3.82. The first-order valence-corrected chi connectivity index (χ1v) is 9.01. The molecule has 0 radical (unpaired) electrons. The molecule has 0 N–H and O–H groups in total. The van der Waals surface area contributed by atoms with Gasteiger partial charge in [-0.05, 0) is 56.6 Å². The molecule has 24 heavy (non-hydrogen) atoms. The SMILES string of the molecule is CCCN1CCCN([C@H]2CCN(c3ccc(C#N)cc3)C2=O)CC1. The first-order chi connectivity index (χ1) is 11.7. The Labute approximate surface area is 144 Å². The molecule has 1 aromatic carbocycles. The molecule has 2 fully saturated rings. The Kier molecular flexibility index (Phi) is 5.49. The highest BCUT2D eigenvalue weighted by Crippen LogP contribution is 2.25. The van der Waals surface area contributed by atoms with Crippen LogP contribution in [-0.2, 0) is 4.79 Å². The van der Waals surface area contributed by atoms with E-state index in [4.69, 9.17) is 5.26 Å². The van der Waals surface area contributed by atoms with Gasteiger partial charge in [0.05, 0.1) is 17.7 Å². The van der Waals surface area contributed by atoms with Gasteiger partial charge < -0.3 is 9.80 Å². The second-order valence-corrected chi connectivity index (χ2v) is 6.68. The molecular formula is C19H26N4O. The highest BCUT2D eigenvalue weighted by atomic mass is 16.2. The summed E-state index contributed by atoms with van der Waals surface area (Å²) in [6.45, 7) is 8.35. The van der Waals surface area contributed by atoms with Gasteiger partial charge in [-0.3, -0.25) is 9.69 Å². The van der Waals surface area contributed by atoms with Crippen molar-refractivity contribution in [2.24, 2.45) is 0 Å². The zero-order valence-corrected chi connectivity index (χ0v) is 14.4. The van der Waals surface area contributed by atoms with Crippen LogP contribution in [0, 0.1) is 11.3 Å². The Morgan fingerprint density at radius 1 is 1.12 bits per heavy atom. The van der Waals surface area contributed by atoms with Crippen LogP contribution in [0.25, 0.3) is 0 Å². The maximum absolute atomic E-state index is 12.9. The molecule has 3 rings (SSSR count). The van der Waals surface area contributed by atoms with Crippen molar-refractivity contribution in [3.05, 3.63) is 29.8 Å². The number of carbonyl (C=O) groups excluding carboxylic acids is 1. The molecule has 0 spiro atoms. The molecule has 0 bridgehead atoms. The van der Waals surface area contributed by atoms with Crippen molar-refractivity contribution in [2.75, 3.05) is 44.2 Å². The number of hydrogen-bond donors (Lipinski definition) is 0. The summed E-state index contributed by atoms with van der Waals surface area (Å²) < 4.78 is 0. The molecule has 2 heterocycles. The molecule has 2 aliphatic rings. The Morgan fingerprint density at radius 2 is 1.92 bits per heavy atom. The molecule has 1 atom stereocenters. The largest absolute Gasteiger partial charge is 0.311 e. The third kappa shape index (κ3) is 3.61. The summed E-state index contributed by atoms with van der Waals surface area (Å²) >= 11 is 0. The molecule has 128 valence electrons. The van der Waals surface area contributed by atoms with Crippen molar-refractivity contribution in [3.8, 4) is 6.07 Å². The van der Waals surface area contributed by atoms with Gasteiger partial charge in [0.15, 0.2) is 0 Å². The molecule has 0 unspecified atom stereocenters. The lowest BCUT2D eigenvalue weighted by Gasteiger charge is -2.26. The lowest BCUT2D eigenvalue weighted by molar-refractivity contribution is -0.121. The average Bonchev–Trinajstić information content (AvgIpc) is 2.84. The van der Waals surface area contributed by atoms with Gasteiger partial charge in [-0.1, -0.05) is 6.92 Å². The van der Waals surface area contributed by atoms with Gasteiger partial charge in [0.2, 0.25) is 5.91 Å². The average molecular weight is 326 g/mol. The van der Waals surface area contributed by atoms with Gasteiger partial charge in [0.1, 0.15) is 0 Å². The van der Waals surface area contributed by atoms with Gasteiger partial charge in [-0.2, -0.15) is 5.26 Å². The van der Waals surface area contributed by atoms with Crippen molar-refractivity contribution in [1.29, 1.82) is 5.26 Å². The number of benzene rings is 1. The van der Waals surface area contributed by atoms with E-state index in [0.29, 0.717) is 5.56 Å². The maximum Gasteiger partial charge on any atom is 0.244 e. The standard InChI is InChI=1S/C19H26N4O/c1-2-9-21-10-3-11-22(14-13-21)18-8-12-23(19(18)24)17-6-4-16(15-20)5-7-17/h4-7,18H,2-3,8-14H2,1H3/t18-/m0/s1. The van der Waals surface area contributed by atoms with E-state index in [2.05, 4.69) is 22.8 Å². The van der Waals surface area contributed by atoms with Crippen molar-refractivity contribution >= 4 is 11.6 Å². The number of hydrogen-bond acceptors (Lipinski definition) is 4. The fourth-order valence-electron chi connectivity index (χ4n) is 3.82. The number of amides is 1. The molecule has 0 saturated carbocycles. The molecule has 1 aromatic rings. The normalized spacial score (nSPS) is 23.2. The zero-order chi connectivity index (χ0) is 16.9. The van der Waals surface area contributed by atoms with Crippen molar-refractivity contribution in [1.82, 2.24) is 9.80 Å². The topological polar surface area (TPSA) is 50.6 Å². The number of rotatable bonds is 4. The molecule has 5 nitrogen and oxygen atoms in total. The Morgan fingerprint density at radius 3 is 2.62 bits per heavy atom. The molecule has 2 saturated heterocycles. The number of nitriles is 1. The van der Waals surface area contributed by atoms with Crippen LogP contribution >= 0.6 is 0 Å². The van der Waals surface area contributed by atoms with Crippen LogP contribution in [0.5, 0.6) is 0 Å². The summed E-state index contributed by atoms with van der Waals surface area (Å²) in [6.07, 6.45) is 3.22.